The Morgan fingerprint density at radius 3 is 2.53 bits per heavy atom. The molecule has 2 heterocycles. The van der Waals surface area contributed by atoms with Crippen LogP contribution in [-0.4, -0.2) is 33.4 Å². The molecule has 3 aromatic rings. The lowest BCUT2D eigenvalue weighted by Gasteiger charge is -2.16. The zero-order chi connectivity index (χ0) is 21.4. The number of aromatic nitrogens is 1. The molecule has 6 nitrogen and oxygen atoms in total. The molecule has 1 aromatic heterocycles. The molecule has 2 N–H and O–H groups in total. The third-order valence-electron chi connectivity index (χ3n) is 5.29. The number of nitrogens with zero attached hydrogens (tertiary/aromatic N) is 3. The second kappa shape index (κ2) is 7.76. The van der Waals surface area contributed by atoms with Gasteiger partial charge in [-0.2, -0.15) is 0 Å². The first-order chi connectivity index (χ1) is 14.4. The van der Waals surface area contributed by atoms with Crippen molar-refractivity contribution in [2.24, 2.45) is 5.73 Å². The van der Waals surface area contributed by atoms with Crippen LogP contribution < -0.4 is 10.6 Å². The third kappa shape index (κ3) is 3.27. The van der Waals surface area contributed by atoms with Crippen molar-refractivity contribution in [2.75, 3.05) is 11.9 Å². The molecule has 2 amide bonds. The molecule has 0 aliphatic carbocycles. The maximum Gasteiger partial charge on any atom is 0.281 e. The molecule has 1 aliphatic heterocycles. The van der Waals surface area contributed by atoms with Crippen molar-refractivity contribution in [3.05, 3.63) is 71.6 Å². The number of fused-ring (bicyclic) bond motifs is 1. The fourth-order valence-electron chi connectivity index (χ4n) is 3.87. The number of carbonyl (C=O) groups excluding carboxylic acids is 2. The number of amides is 2. The number of aryl methyl sites for hydroxylation is 1. The summed E-state index contributed by atoms with van der Waals surface area (Å²) in [6.07, 6.45) is 4.52. The molecule has 2 aromatic carbocycles. The molecule has 0 unspecified atom stereocenters. The van der Waals surface area contributed by atoms with E-state index in [0.717, 1.165) is 34.1 Å². The molecule has 7 heteroatoms. The molecular weight excluding hydrogens is 396 g/mol. The predicted octanol–water partition coefficient (Wildman–Crippen LogP) is 3.29. The lowest BCUT2D eigenvalue weighted by Crippen LogP contribution is -2.30. The number of para-hydroxylation sites is 2. The minimum Gasteiger partial charge on any atom is -0.368 e. The Labute approximate surface area is 180 Å². The third-order valence-corrected chi connectivity index (χ3v) is 5.74. The lowest BCUT2D eigenvalue weighted by molar-refractivity contribution is -0.118. The number of likely N-dealkylation sites (N-methyl/N-ethyl adjacent to an activating group) is 1. The van der Waals surface area contributed by atoms with Crippen LogP contribution in [0.2, 0.25) is 0 Å². The monoisotopic (exact) mass is 418 g/mol. The Balaban J connectivity index is 1.84. The van der Waals surface area contributed by atoms with Crippen LogP contribution in [0.4, 0.5) is 5.69 Å². The quantitative estimate of drug-likeness (QED) is 0.510. The zero-order valence-electron chi connectivity index (χ0n) is 16.8. The molecule has 30 heavy (non-hydrogen) atoms. The van der Waals surface area contributed by atoms with Crippen molar-refractivity contribution >= 4 is 51.8 Å². The van der Waals surface area contributed by atoms with Gasteiger partial charge in [-0.25, -0.2) is 0 Å². The van der Waals surface area contributed by atoms with Crippen LogP contribution >= 0.6 is 12.2 Å². The predicted molar refractivity (Wildman–Crippen MR) is 123 cm³/mol. The summed E-state index contributed by atoms with van der Waals surface area (Å²) in [6.45, 7) is 2.15. The van der Waals surface area contributed by atoms with E-state index in [-0.39, 0.29) is 12.5 Å². The highest BCUT2D eigenvalue weighted by Crippen LogP contribution is 2.31. The number of rotatable bonds is 5. The van der Waals surface area contributed by atoms with Crippen molar-refractivity contribution in [3.63, 3.8) is 0 Å². The summed E-state index contributed by atoms with van der Waals surface area (Å²) in [7, 11) is 1.79. The van der Waals surface area contributed by atoms with Crippen LogP contribution in [0.1, 0.15) is 18.1 Å². The van der Waals surface area contributed by atoms with Gasteiger partial charge >= 0.3 is 0 Å². The molecule has 0 spiro atoms. The Kier molecular flexibility index (Phi) is 5.13. The van der Waals surface area contributed by atoms with E-state index < -0.39 is 5.91 Å². The highest BCUT2D eigenvalue weighted by molar-refractivity contribution is 7.80. The molecule has 0 atom stereocenters. The number of anilines is 1. The number of primary amides is 1. The highest BCUT2D eigenvalue weighted by atomic mass is 32.1. The van der Waals surface area contributed by atoms with Crippen molar-refractivity contribution in [2.45, 2.75) is 19.9 Å². The van der Waals surface area contributed by atoms with Gasteiger partial charge in [0.25, 0.3) is 5.91 Å². The van der Waals surface area contributed by atoms with E-state index in [9.17, 15) is 9.59 Å². The smallest absolute Gasteiger partial charge is 0.281 e. The zero-order valence-corrected chi connectivity index (χ0v) is 17.6. The van der Waals surface area contributed by atoms with Gasteiger partial charge < -0.3 is 15.2 Å². The summed E-state index contributed by atoms with van der Waals surface area (Å²) >= 11 is 5.54. The minimum absolute atomic E-state index is 0.0784. The van der Waals surface area contributed by atoms with Gasteiger partial charge in [-0.1, -0.05) is 43.3 Å². The number of benzene rings is 2. The number of hydrogen-bond donors (Lipinski definition) is 1. The van der Waals surface area contributed by atoms with E-state index in [0.29, 0.717) is 10.8 Å². The topological polar surface area (TPSA) is 71.6 Å². The highest BCUT2D eigenvalue weighted by Gasteiger charge is 2.36. The normalized spacial score (nSPS) is 15.6. The van der Waals surface area contributed by atoms with Crippen molar-refractivity contribution in [1.82, 2.24) is 9.47 Å². The fourth-order valence-corrected chi connectivity index (χ4v) is 4.15. The molecule has 0 saturated carbocycles. The van der Waals surface area contributed by atoms with Crippen LogP contribution in [0.5, 0.6) is 0 Å². The van der Waals surface area contributed by atoms with Crippen molar-refractivity contribution < 1.29 is 9.59 Å². The standard InChI is InChI=1S/C23H22N4O2S/c1-3-15-8-7-11-18-16(13-26(21(15)18)14-20(24)28)12-19-22(29)27(23(30)25(19)2)17-9-5-4-6-10-17/h4-13H,3,14H2,1-2H3,(H2,24,28)/b19-12-. The average Bonchev–Trinajstić information content (AvgIpc) is 3.18. The van der Waals surface area contributed by atoms with Gasteiger partial charge in [0.05, 0.1) is 11.2 Å². The van der Waals surface area contributed by atoms with E-state index >= 15 is 0 Å². The second-order valence-corrected chi connectivity index (χ2v) is 7.56. The summed E-state index contributed by atoms with van der Waals surface area (Å²) in [4.78, 5) is 28.1. The van der Waals surface area contributed by atoms with E-state index in [4.69, 9.17) is 18.0 Å². The lowest BCUT2D eigenvalue weighted by atomic mass is 10.1. The Morgan fingerprint density at radius 1 is 1.13 bits per heavy atom. The fraction of sp³-hybridized carbons (Fsp3) is 0.174. The van der Waals surface area contributed by atoms with Crippen LogP contribution in [-0.2, 0) is 22.6 Å². The number of carbonyl (C=O) groups is 2. The number of thiocarbonyl (C=S) groups is 1. The van der Waals surface area contributed by atoms with Crippen molar-refractivity contribution in [3.8, 4) is 0 Å². The van der Waals surface area contributed by atoms with Gasteiger partial charge in [-0.15, -0.1) is 0 Å². The van der Waals surface area contributed by atoms with Crippen molar-refractivity contribution in [1.29, 1.82) is 0 Å². The molecular formula is C23H22N4O2S. The summed E-state index contributed by atoms with van der Waals surface area (Å²) in [5.41, 5.74) is 9.59. The molecule has 4 rings (SSSR count). The molecule has 0 radical (unpaired) electrons. The van der Waals surface area contributed by atoms with Crippen LogP contribution in [0.15, 0.2) is 60.4 Å². The average molecular weight is 419 g/mol. The summed E-state index contributed by atoms with van der Waals surface area (Å²) < 4.78 is 1.86. The maximum atomic E-state index is 13.2. The Hall–Kier alpha value is -3.45. The Morgan fingerprint density at radius 2 is 1.87 bits per heavy atom. The summed E-state index contributed by atoms with van der Waals surface area (Å²) in [5, 5.41) is 1.39. The van der Waals surface area contributed by atoms with Gasteiger partial charge in [-0.05, 0) is 42.4 Å². The van der Waals surface area contributed by atoms with Gasteiger partial charge in [0.1, 0.15) is 12.2 Å². The maximum absolute atomic E-state index is 13.2. The first kappa shape index (κ1) is 19.8. The molecule has 0 bridgehead atoms. The van der Waals surface area contributed by atoms with E-state index in [2.05, 4.69) is 6.92 Å². The van der Waals surface area contributed by atoms with Gasteiger partial charge in [0.2, 0.25) is 5.91 Å². The molecule has 1 saturated heterocycles. The SMILES string of the molecule is CCc1cccc2c(/C=C3/C(=O)N(c4ccccc4)C(=S)N3C)cn(CC(N)=O)c12. The van der Waals surface area contributed by atoms with Crippen LogP contribution in [0.25, 0.3) is 17.0 Å². The molecule has 1 fully saturated rings. The first-order valence-corrected chi connectivity index (χ1v) is 10.1. The first-order valence-electron chi connectivity index (χ1n) is 9.70. The van der Waals surface area contributed by atoms with Gasteiger partial charge in [-0.3, -0.25) is 14.5 Å². The summed E-state index contributed by atoms with van der Waals surface area (Å²) in [6, 6.07) is 15.4. The Bertz CT molecular complexity index is 1200. The molecule has 152 valence electrons. The van der Waals surface area contributed by atoms with E-state index in [1.54, 1.807) is 11.9 Å². The number of nitrogens with two attached hydrogens (primary N) is 1. The summed E-state index contributed by atoms with van der Waals surface area (Å²) in [5.74, 6) is -0.598. The minimum atomic E-state index is -0.414. The van der Waals surface area contributed by atoms with Crippen LogP contribution in [0.3, 0.4) is 0 Å². The molecule has 1 aliphatic rings. The van der Waals surface area contributed by atoms with Gasteiger partial charge in [0, 0.05) is 24.2 Å². The van der Waals surface area contributed by atoms with E-state index in [1.165, 1.54) is 4.90 Å². The van der Waals surface area contributed by atoms with Gasteiger partial charge in [0.15, 0.2) is 5.11 Å². The van der Waals surface area contributed by atoms with E-state index in [1.807, 2.05) is 65.4 Å². The second-order valence-electron chi connectivity index (χ2n) is 7.19. The van der Waals surface area contributed by atoms with Crippen LogP contribution in [0, 0.1) is 0 Å². The number of hydrogen-bond acceptors (Lipinski definition) is 3. The largest absolute Gasteiger partial charge is 0.368 e.